The molecule has 0 fully saturated rings. The van der Waals surface area contributed by atoms with Crippen LogP contribution >= 0.6 is 23.1 Å². The second kappa shape index (κ2) is 9.12. The maximum atomic E-state index is 13.3. The van der Waals surface area contributed by atoms with Crippen LogP contribution in [-0.2, 0) is 15.7 Å². The smallest absolute Gasteiger partial charge is 0.443 e. The Bertz CT molecular complexity index is 1170. The van der Waals surface area contributed by atoms with Crippen LogP contribution in [0.4, 0.5) is 13.2 Å². The van der Waals surface area contributed by atoms with Gasteiger partial charge < -0.3 is 4.74 Å². The Balaban J connectivity index is 2.01. The molecular formula is C23H21F3N2O2S2. The zero-order valence-corrected chi connectivity index (χ0v) is 19.5. The second-order valence-corrected chi connectivity index (χ2v) is 10.3. The first kappa shape index (κ1) is 24.1. The Morgan fingerprint density at radius 3 is 2.41 bits per heavy atom. The highest BCUT2D eigenvalue weighted by Crippen LogP contribution is 2.44. The fourth-order valence-electron chi connectivity index (χ4n) is 2.89. The summed E-state index contributed by atoms with van der Waals surface area (Å²) in [4.78, 5) is 16.8. The number of rotatable bonds is 5. The molecule has 3 aromatic rings. The average molecular weight is 479 g/mol. The van der Waals surface area contributed by atoms with Gasteiger partial charge in [0, 0.05) is 16.2 Å². The molecule has 3 rings (SSSR count). The van der Waals surface area contributed by atoms with Gasteiger partial charge in [-0.2, -0.15) is 18.4 Å². The lowest BCUT2D eigenvalue weighted by molar-refractivity contribution is -0.158. The minimum atomic E-state index is -4.54. The van der Waals surface area contributed by atoms with Gasteiger partial charge >= 0.3 is 12.1 Å². The Kier molecular flexibility index (Phi) is 6.86. The van der Waals surface area contributed by atoms with Gasteiger partial charge in [-0.15, -0.1) is 23.1 Å². The van der Waals surface area contributed by atoms with Gasteiger partial charge in [-0.1, -0.05) is 19.1 Å². The van der Waals surface area contributed by atoms with Crippen molar-refractivity contribution in [3.8, 4) is 17.2 Å². The topological polar surface area (TPSA) is 63.0 Å². The molecule has 0 bridgehead atoms. The van der Waals surface area contributed by atoms with E-state index in [0.29, 0.717) is 38.5 Å². The molecule has 0 amide bonds. The fraction of sp³-hybridized carbons (Fsp3) is 0.348. The Labute approximate surface area is 192 Å². The summed E-state index contributed by atoms with van der Waals surface area (Å²) in [6, 6.07) is 12.0. The number of benzene rings is 2. The molecule has 4 nitrogen and oxygen atoms in total. The molecule has 0 saturated heterocycles. The lowest BCUT2D eigenvalue weighted by atomic mass is 10.0. The summed E-state index contributed by atoms with van der Waals surface area (Å²) in [6.07, 6.45) is -4.54. The van der Waals surface area contributed by atoms with Crippen molar-refractivity contribution in [3.05, 3.63) is 47.0 Å². The zero-order chi connectivity index (χ0) is 23.7. The van der Waals surface area contributed by atoms with E-state index in [4.69, 9.17) is 10.00 Å². The number of hydrogen-bond acceptors (Lipinski definition) is 6. The van der Waals surface area contributed by atoms with Crippen molar-refractivity contribution in [1.82, 2.24) is 4.98 Å². The van der Waals surface area contributed by atoms with Crippen molar-refractivity contribution < 1.29 is 22.7 Å². The predicted octanol–water partition coefficient (Wildman–Crippen LogP) is 6.92. The van der Waals surface area contributed by atoms with E-state index in [9.17, 15) is 18.0 Å². The molecule has 1 unspecified atom stereocenters. The monoisotopic (exact) mass is 478 g/mol. The van der Waals surface area contributed by atoms with Crippen LogP contribution in [0.1, 0.15) is 38.3 Å². The van der Waals surface area contributed by atoms with Gasteiger partial charge in [0.05, 0.1) is 27.8 Å². The number of halogens is 3. The van der Waals surface area contributed by atoms with Crippen LogP contribution in [0.3, 0.4) is 0 Å². The van der Waals surface area contributed by atoms with Crippen molar-refractivity contribution in [2.75, 3.05) is 5.75 Å². The van der Waals surface area contributed by atoms with E-state index in [2.05, 4.69) is 4.98 Å². The van der Waals surface area contributed by atoms with Gasteiger partial charge in [0.1, 0.15) is 5.60 Å². The van der Waals surface area contributed by atoms with Gasteiger partial charge in [-0.3, -0.25) is 4.79 Å². The second-order valence-electron chi connectivity index (χ2n) is 8.24. The Morgan fingerprint density at radius 2 is 1.84 bits per heavy atom. The van der Waals surface area contributed by atoms with Gasteiger partial charge in [-0.05, 0) is 50.6 Å². The highest BCUT2D eigenvalue weighted by atomic mass is 32.2. The summed E-state index contributed by atoms with van der Waals surface area (Å²) in [5, 5.41) is 8.15. The number of carbonyl (C=O) groups is 1. The summed E-state index contributed by atoms with van der Waals surface area (Å²) in [5.41, 5.74) is 1.40. The maximum absolute atomic E-state index is 13.3. The molecule has 9 heteroatoms. The average Bonchev–Trinajstić information content (AvgIpc) is 3.15. The number of nitriles is 1. The third-order valence-corrected chi connectivity index (χ3v) is 6.81. The maximum Gasteiger partial charge on any atom is 0.443 e. The van der Waals surface area contributed by atoms with Crippen LogP contribution in [0.25, 0.3) is 21.3 Å². The summed E-state index contributed by atoms with van der Waals surface area (Å²) >= 11 is 1.97. The fourth-order valence-corrected chi connectivity index (χ4v) is 5.05. The van der Waals surface area contributed by atoms with Crippen LogP contribution in [0, 0.1) is 17.2 Å². The van der Waals surface area contributed by atoms with E-state index in [-0.39, 0.29) is 11.5 Å². The predicted molar refractivity (Wildman–Crippen MR) is 121 cm³/mol. The molecule has 32 heavy (non-hydrogen) atoms. The van der Waals surface area contributed by atoms with Crippen LogP contribution < -0.4 is 0 Å². The third-order valence-electron chi connectivity index (χ3n) is 4.36. The number of ether oxygens (including phenoxy) is 1. The summed E-state index contributed by atoms with van der Waals surface area (Å²) < 4.78 is 45.7. The number of esters is 1. The summed E-state index contributed by atoms with van der Waals surface area (Å²) in [7, 11) is 0. The number of carbonyl (C=O) groups excluding carboxylic acids is 1. The SMILES string of the molecule is CC(CSc1ccc2nc(C(F)(F)F)sc2c1-c1ccc(C#N)cc1)C(=O)OC(C)(C)C. The number of thioether (sulfide) groups is 1. The van der Waals surface area contributed by atoms with Crippen molar-refractivity contribution in [3.63, 3.8) is 0 Å². The Hall–Kier alpha value is -2.57. The first-order chi connectivity index (χ1) is 14.9. The van der Waals surface area contributed by atoms with E-state index in [1.54, 1.807) is 64.1 Å². The summed E-state index contributed by atoms with van der Waals surface area (Å²) in [6.45, 7) is 7.15. The molecule has 1 heterocycles. The number of alkyl halides is 3. The largest absolute Gasteiger partial charge is 0.460 e. The Morgan fingerprint density at radius 1 is 1.19 bits per heavy atom. The van der Waals surface area contributed by atoms with Gasteiger partial charge in [-0.25, -0.2) is 4.98 Å². The molecule has 2 aromatic carbocycles. The van der Waals surface area contributed by atoms with Gasteiger partial charge in [0.25, 0.3) is 0 Å². The molecule has 0 aliphatic heterocycles. The number of aromatic nitrogens is 1. The number of thiazole rings is 1. The lowest BCUT2D eigenvalue weighted by Gasteiger charge is -2.22. The molecule has 0 radical (unpaired) electrons. The normalized spacial score (nSPS) is 13.1. The summed E-state index contributed by atoms with van der Waals surface area (Å²) in [5.74, 6) is -0.340. The minimum Gasteiger partial charge on any atom is -0.460 e. The van der Waals surface area contributed by atoms with E-state index < -0.39 is 22.7 Å². The molecule has 1 aromatic heterocycles. The first-order valence-corrected chi connectivity index (χ1v) is 11.6. The van der Waals surface area contributed by atoms with E-state index in [1.807, 2.05) is 6.07 Å². The van der Waals surface area contributed by atoms with E-state index in [1.165, 1.54) is 11.8 Å². The lowest BCUT2D eigenvalue weighted by Crippen LogP contribution is -2.28. The molecule has 0 saturated carbocycles. The van der Waals surface area contributed by atoms with Crippen LogP contribution in [0.15, 0.2) is 41.3 Å². The molecule has 0 aliphatic carbocycles. The number of nitrogens with zero attached hydrogens (tertiary/aromatic N) is 2. The van der Waals surface area contributed by atoms with Crippen molar-refractivity contribution in [2.24, 2.45) is 5.92 Å². The standard InChI is InChI=1S/C23H21F3N2O2S2/c1-13(20(29)30-22(2,3)4)12-31-17-10-9-16-19(32-21(28-16)23(24,25)26)18(17)15-7-5-14(11-27)6-8-15/h5-10,13H,12H2,1-4H3. The van der Waals surface area contributed by atoms with Crippen LogP contribution in [0.2, 0.25) is 0 Å². The number of hydrogen-bond donors (Lipinski definition) is 0. The van der Waals surface area contributed by atoms with Gasteiger partial charge in [0.15, 0.2) is 5.01 Å². The molecular weight excluding hydrogens is 457 g/mol. The van der Waals surface area contributed by atoms with Crippen molar-refractivity contribution in [2.45, 2.75) is 44.4 Å². The quantitative estimate of drug-likeness (QED) is 0.294. The minimum absolute atomic E-state index is 0.256. The van der Waals surface area contributed by atoms with Crippen molar-refractivity contribution >= 4 is 39.3 Å². The van der Waals surface area contributed by atoms with Crippen LogP contribution in [-0.4, -0.2) is 22.3 Å². The molecule has 0 N–H and O–H groups in total. The van der Waals surface area contributed by atoms with Crippen LogP contribution in [0.5, 0.6) is 0 Å². The van der Waals surface area contributed by atoms with E-state index in [0.717, 1.165) is 4.90 Å². The molecule has 0 spiro atoms. The molecule has 168 valence electrons. The van der Waals surface area contributed by atoms with E-state index >= 15 is 0 Å². The number of fused-ring (bicyclic) bond motifs is 1. The molecule has 1 atom stereocenters. The molecule has 0 aliphatic rings. The highest BCUT2D eigenvalue weighted by Gasteiger charge is 2.35. The first-order valence-electron chi connectivity index (χ1n) is 9.76. The zero-order valence-electron chi connectivity index (χ0n) is 17.9. The van der Waals surface area contributed by atoms with Crippen molar-refractivity contribution in [1.29, 1.82) is 5.26 Å². The highest BCUT2D eigenvalue weighted by molar-refractivity contribution is 7.99. The van der Waals surface area contributed by atoms with Gasteiger partial charge in [0.2, 0.25) is 0 Å². The third kappa shape index (κ3) is 5.61.